The van der Waals surface area contributed by atoms with Gasteiger partial charge in [-0.3, -0.25) is 4.79 Å². The van der Waals surface area contributed by atoms with Crippen molar-refractivity contribution in [3.8, 4) is 17.2 Å². The van der Waals surface area contributed by atoms with E-state index in [2.05, 4.69) is 20.8 Å². The first-order valence-electron chi connectivity index (χ1n) is 9.04. The van der Waals surface area contributed by atoms with Crippen molar-refractivity contribution < 1.29 is 24.1 Å². The van der Waals surface area contributed by atoms with E-state index >= 15 is 0 Å². The number of aliphatic carboxylic acids is 1. The van der Waals surface area contributed by atoms with Crippen LogP contribution in [0, 0.1) is 0 Å². The number of benzene rings is 2. The van der Waals surface area contributed by atoms with Gasteiger partial charge < -0.3 is 19.3 Å². The topological polar surface area (TPSA) is 65.0 Å². The van der Waals surface area contributed by atoms with Gasteiger partial charge in [-0.1, -0.05) is 32.9 Å². The summed E-state index contributed by atoms with van der Waals surface area (Å²) >= 11 is 0. The molecule has 5 heteroatoms. The zero-order valence-corrected chi connectivity index (χ0v) is 16.5. The van der Waals surface area contributed by atoms with E-state index < -0.39 is 5.97 Å². The molecule has 0 amide bonds. The van der Waals surface area contributed by atoms with Crippen molar-refractivity contribution in [1.29, 1.82) is 0 Å². The molecule has 27 heavy (non-hydrogen) atoms. The summed E-state index contributed by atoms with van der Waals surface area (Å²) in [5.41, 5.74) is 1.96. The fourth-order valence-corrected chi connectivity index (χ4v) is 2.70. The third-order valence-electron chi connectivity index (χ3n) is 4.13. The maximum atomic E-state index is 10.7. The van der Waals surface area contributed by atoms with Gasteiger partial charge in [-0.25, -0.2) is 0 Å². The van der Waals surface area contributed by atoms with E-state index in [0.717, 1.165) is 22.6 Å². The number of carbonyl (C=O) groups is 1. The summed E-state index contributed by atoms with van der Waals surface area (Å²) in [6.07, 6.45) is 0.601. The Bertz CT molecular complexity index is 762. The Hall–Kier alpha value is -2.69. The van der Waals surface area contributed by atoms with E-state index in [1.165, 1.54) is 0 Å². The largest absolute Gasteiger partial charge is 0.497 e. The molecule has 0 spiro atoms. The highest BCUT2D eigenvalue weighted by Crippen LogP contribution is 2.34. The van der Waals surface area contributed by atoms with Crippen LogP contribution in [0.25, 0.3) is 0 Å². The van der Waals surface area contributed by atoms with Gasteiger partial charge in [0.25, 0.3) is 0 Å². The number of aryl methyl sites for hydroxylation is 1. The number of methoxy groups -OCH3 is 1. The van der Waals surface area contributed by atoms with Crippen LogP contribution in [0.2, 0.25) is 0 Å². The predicted molar refractivity (Wildman–Crippen MR) is 105 cm³/mol. The normalized spacial score (nSPS) is 11.1. The molecule has 5 nitrogen and oxygen atoms in total. The molecular weight excluding hydrogens is 344 g/mol. The van der Waals surface area contributed by atoms with Crippen LogP contribution < -0.4 is 14.2 Å². The second-order valence-electron chi connectivity index (χ2n) is 7.35. The second-order valence-corrected chi connectivity index (χ2v) is 7.35. The molecule has 0 aromatic heterocycles. The van der Waals surface area contributed by atoms with Gasteiger partial charge in [-0.2, -0.15) is 0 Å². The second kappa shape index (κ2) is 9.31. The first-order chi connectivity index (χ1) is 12.8. The molecule has 2 aromatic rings. The number of hydrogen-bond donors (Lipinski definition) is 1. The summed E-state index contributed by atoms with van der Waals surface area (Å²) in [6, 6.07) is 13.3. The van der Waals surface area contributed by atoms with Gasteiger partial charge in [0, 0.05) is 12.0 Å². The molecule has 0 saturated carbocycles. The fraction of sp³-hybridized carbons (Fsp3) is 0.409. The number of carboxylic acid groups (broad SMARTS) is 1. The van der Waals surface area contributed by atoms with Crippen molar-refractivity contribution in [3.05, 3.63) is 53.6 Å². The zero-order valence-electron chi connectivity index (χ0n) is 16.5. The van der Waals surface area contributed by atoms with Crippen molar-refractivity contribution in [2.75, 3.05) is 20.3 Å². The first-order valence-corrected chi connectivity index (χ1v) is 9.04. The molecule has 1 N–H and O–H groups in total. The molecule has 0 aliphatic rings. The number of ether oxygens (including phenoxy) is 3. The Morgan fingerprint density at radius 3 is 2.41 bits per heavy atom. The molecule has 0 fully saturated rings. The monoisotopic (exact) mass is 372 g/mol. The summed E-state index contributed by atoms with van der Waals surface area (Å²) in [6.45, 7) is 7.21. The van der Waals surface area contributed by atoms with E-state index in [0.29, 0.717) is 25.4 Å². The minimum atomic E-state index is -0.802. The van der Waals surface area contributed by atoms with Crippen molar-refractivity contribution >= 4 is 5.97 Å². The van der Waals surface area contributed by atoms with Crippen LogP contribution in [-0.2, 0) is 16.6 Å². The van der Waals surface area contributed by atoms with Crippen molar-refractivity contribution in [1.82, 2.24) is 0 Å². The Morgan fingerprint density at radius 2 is 1.74 bits per heavy atom. The predicted octanol–water partition coefficient (Wildman–Crippen LogP) is 4.47. The molecule has 0 saturated heterocycles. The van der Waals surface area contributed by atoms with Crippen molar-refractivity contribution in [3.63, 3.8) is 0 Å². The van der Waals surface area contributed by atoms with Gasteiger partial charge in [-0.15, -0.1) is 0 Å². The van der Waals surface area contributed by atoms with Crippen LogP contribution in [0.1, 0.15) is 38.3 Å². The molecule has 0 aliphatic heterocycles. The maximum Gasteiger partial charge on any atom is 0.303 e. The van der Waals surface area contributed by atoms with Crippen molar-refractivity contribution in [2.45, 2.75) is 39.0 Å². The third kappa shape index (κ3) is 6.51. The molecule has 0 unspecified atom stereocenters. The van der Waals surface area contributed by atoms with Gasteiger partial charge in [-0.05, 0) is 47.7 Å². The number of rotatable bonds is 9. The van der Waals surface area contributed by atoms with Crippen LogP contribution in [0.15, 0.2) is 42.5 Å². The summed E-state index contributed by atoms with van der Waals surface area (Å²) in [5.74, 6) is 1.54. The van der Waals surface area contributed by atoms with Crippen LogP contribution in [0.3, 0.4) is 0 Å². The standard InChI is InChI=1S/C22H28O5/c1-22(2,3)19-15-17(25-4)9-10-20(19)27-13-12-26-18-7-5-6-16(14-18)8-11-21(23)24/h5-7,9-10,14-15H,8,11-13H2,1-4H3,(H,23,24). The molecule has 0 aliphatic carbocycles. The van der Waals surface area contributed by atoms with Crippen LogP contribution in [0.5, 0.6) is 17.2 Å². The zero-order chi connectivity index (χ0) is 19.9. The Balaban J connectivity index is 1.92. The van der Waals surface area contributed by atoms with E-state index in [9.17, 15) is 4.79 Å². The van der Waals surface area contributed by atoms with Gasteiger partial charge in [0.2, 0.25) is 0 Å². The van der Waals surface area contributed by atoms with Crippen molar-refractivity contribution in [2.24, 2.45) is 0 Å². The van der Waals surface area contributed by atoms with Gasteiger partial charge >= 0.3 is 5.97 Å². The Morgan fingerprint density at radius 1 is 1.00 bits per heavy atom. The third-order valence-corrected chi connectivity index (χ3v) is 4.13. The Labute approximate surface area is 160 Å². The quantitative estimate of drug-likeness (QED) is 0.658. The lowest BCUT2D eigenvalue weighted by molar-refractivity contribution is -0.136. The molecule has 0 bridgehead atoms. The van der Waals surface area contributed by atoms with E-state index in [-0.39, 0.29) is 11.8 Å². The molecular formula is C22H28O5. The lowest BCUT2D eigenvalue weighted by Gasteiger charge is -2.23. The first kappa shape index (κ1) is 20.6. The van der Waals surface area contributed by atoms with Gasteiger partial charge in [0.1, 0.15) is 30.5 Å². The molecule has 2 rings (SSSR count). The molecule has 0 heterocycles. The highest BCUT2D eigenvalue weighted by Gasteiger charge is 2.20. The van der Waals surface area contributed by atoms with Crippen LogP contribution in [-0.4, -0.2) is 31.4 Å². The lowest BCUT2D eigenvalue weighted by atomic mass is 9.86. The fourth-order valence-electron chi connectivity index (χ4n) is 2.70. The summed E-state index contributed by atoms with van der Waals surface area (Å²) < 4.78 is 17.0. The molecule has 146 valence electrons. The lowest BCUT2D eigenvalue weighted by Crippen LogP contribution is -2.16. The highest BCUT2D eigenvalue weighted by atomic mass is 16.5. The minimum Gasteiger partial charge on any atom is -0.497 e. The minimum absolute atomic E-state index is 0.0663. The number of carboxylic acids is 1. The van der Waals surface area contributed by atoms with Gasteiger partial charge in [0.15, 0.2) is 0 Å². The van der Waals surface area contributed by atoms with Crippen LogP contribution in [0.4, 0.5) is 0 Å². The summed E-state index contributed by atoms with van der Waals surface area (Å²) in [7, 11) is 1.65. The summed E-state index contributed by atoms with van der Waals surface area (Å²) in [4.78, 5) is 10.7. The highest BCUT2D eigenvalue weighted by molar-refractivity contribution is 5.67. The van der Waals surface area contributed by atoms with Gasteiger partial charge in [0.05, 0.1) is 7.11 Å². The van der Waals surface area contributed by atoms with E-state index in [4.69, 9.17) is 19.3 Å². The smallest absolute Gasteiger partial charge is 0.303 e. The average molecular weight is 372 g/mol. The van der Waals surface area contributed by atoms with E-state index in [1.807, 2.05) is 42.5 Å². The Kier molecular flexibility index (Phi) is 7.11. The molecule has 2 aromatic carbocycles. The van der Waals surface area contributed by atoms with E-state index in [1.54, 1.807) is 7.11 Å². The van der Waals surface area contributed by atoms with Crippen LogP contribution >= 0.6 is 0 Å². The average Bonchev–Trinajstić information content (AvgIpc) is 2.63. The maximum absolute atomic E-state index is 10.7. The number of hydrogen-bond acceptors (Lipinski definition) is 4. The SMILES string of the molecule is COc1ccc(OCCOc2cccc(CCC(=O)O)c2)c(C(C)(C)C)c1. The molecule has 0 atom stereocenters. The molecule has 0 radical (unpaired) electrons. The summed E-state index contributed by atoms with van der Waals surface area (Å²) in [5, 5.41) is 8.78.